The molecule has 1 N–H and O–H groups in total. The van der Waals surface area contributed by atoms with Gasteiger partial charge in [0.1, 0.15) is 5.75 Å². The highest BCUT2D eigenvalue weighted by Crippen LogP contribution is 2.36. The molecule has 2 amide bonds. The summed E-state index contributed by atoms with van der Waals surface area (Å²) in [4.78, 5) is 19.8. The second-order valence-corrected chi connectivity index (χ2v) is 8.91. The molecule has 2 aliphatic heterocycles. The molecule has 0 aromatic heterocycles. The zero-order chi connectivity index (χ0) is 22.0. The molecule has 2 aromatic carbocycles. The molecule has 166 valence electrons. The molecule has 0 bridgehead atoms. The van der Waals surface area contributed by atoms with Gasteiger partial charge in [0.2, 0.25) is 0 Å². The number of likely N-dealkylation sites (N-methyl/N-ethyl adjacent to an activating group) is 1. The fourth-order valence-electron chi connectivity index (χ4n) is 4.49. The third-order valence-electron chi connectivity index (χ3n) is 6.52. The van der Waals surface area contributed by atoms with E-state index in [1.165, 1.54) is 22.4 Å². The summed E-state index contributed by atoms with van der Waals surface area (Å²) in [5.74, 6) is 1.41. The van der Waals surface area contributed by atoms with Crippen LogP contribution in [0, 0.1) is 0 Å². The molecule has 1 saturated heterocycles. The highest BCUT2D eigenvalue weighted by atomic mass is 16.5. The summed E-state index contributed by atoms with van der Waals surface area (Å²) in [5, 5.41) is 3.08. The Morgan fingerprint density at radius 1 is 0.968 bits per heavy atom. The van der Waals surface area contributed by atoms with E-state index in [-0.39, 0.29) is 6.03 Å². The number of methoxy groups -OCH3 is 1. The number of amides is 2. The Hall–Kier alpha value is -2.73. The first kappa shape index (κ1) is 21.5. The maximum atomic E-state index is 13.0. The number of nitrogens with one attached hydrogen (secondary N) is 1. The number of ether oxygens (including phenoxy) is 1. The number of urea groups is 1. The van der Waals surface area contributed by atoms with Gasteiger partial charge in [0.05, 0.1) is 7.11 Å². The van der Waals surface area contributed by atoms with Crippen LogP contribution in [0.3, 0.4) is 0 Å². The number of piperazine rings is 1. The molecule has 31 heavy (non-hydrogen) atoms. The third-order valence-corrected chi connectivity index (χ3v) is 6.52. The van der Waals surface area contributed by atoms with Crippen molar-refractivity contribution in [3.05, 3.63) is 53.1 Å². The van der Waals surface area contributed by atoms with Gasteiger partial charge in [-0.05, 0) is 49.2 Å². The molecular weight excluding hydrogens is 388 g/mol. The van der Waals surface area contributed by atoms with Crippen LogP contribution in [0.5, 0.6) is 5.75 Å². The lowest BCUT2D eigenvalue weighted by molar-refractivity contribution is 0.206. The average Bonchev–Trinajstić information content (AvgIpc) is 2.79. The number of carbonyl (C=O) groups is 1. The summed E-state index contributed by atoms with van der Waals surface area (Å²) in [6, 6.07) is 12.3. The Morgan fingerprint density at radius 2 is 1.68 bits per heavy atom. The van der Waals surface area contributed by atoms with E-state index in [2.05, 4.69) is 60.3 Å². The lowest BCUT2D eigenvalue weighted by Crippen LogP contribution is -2.46. The minimum atomic E-state index is -0.0462. The van der Waals surface area contributed by atoms with Crippen LogP contribution < -0.4 is 15.0 Å². The third kappa shape index (κ3) is 4.64. The van der Waals surface area contributed by atoms with Crippen molar-refractivity contribution in [2.45, 2.75) is 32.7 Å². The summed E-state index contributed by atoms with van der Waals surface area (Å²) < 4.78 is 5.65. The highest BCUT2D eigenvalue weighted by Gasteiger charge is 2.28. The van der Waals surface area contributed by atoms with E-state index >= 15 is 0 Å². The summed E-state index contributed by atoms with van der Waals surface area (Å²) in [6.45, 7) is 9.74. The van der Waals surface area contributed by atoms with E-state index in [1.807, 2.05) is 17.0 Å². The van der Waals surface area contributed by atoms with E-state index in [0.717, 1.165) is 44.0 Å². The topological polar surface area (TPSA) is 48.1 Å². The van der Waals surface area contributed by atoms with E-state index in [9.17, 15) is 4.79 Å². The van der Waals surface area contributed by atoms with Crippen molar-refractivity contribution in [3.8, 4) is 5.75 Å². The molecule has 2 aliphatic rings. The molecular formula is C25H34N4O2. The monoisotopic (exact) mass is 422 g/mol. The minimum Gasteiger partial charge on any atom is -0.496 e. The molecule has 2 aromatic rings. The summed E-state index contributed by atoms with van der Waals surface area (Å²) in [6.07, 6.45) is 0.805. The first-order chi connectivity index (χ1) is 15.0. The number of anilines is 2. The van der Waals surface area contributed by atoms with E-state index in [1.54, 1.807) is 7.11 Å². The van der Waals surface area contributed by atoms with Crippen LogP contribution in [-0.2, 0) is 13.0 Å². The Morgan fingerprint density at radius 3 is 2.32 bits per heavy atom. The van der Waals surface area contributed by atoms with Crippen molar-refractivity contribution in [1.82, 2.24) is 9.80 Å². The molecule has 0 spiro atoms. The van der Waals surface area contributed by atoms with Crippen LogP contribution in [0.25, 0.3) is 0 Å². The van der Waals surface area contributed by atoms with Gasteiger partial charge in [0, 0.05) is 61.8 Å². The zero-order valence-corrected chi connectivity index (χ0v) is 19.1. The van der Waals surface area contributed by atoms with Crippen molar-refractivity contribution < 1.29 is 9.53 Å². The fourth-order valence-corrected chi connectivity index (χ4v) is 4.49. The minimum absolute atomic E-state index is 0.0462. The predicted molar refractivity (Wildman–Crippen MR) is 126 cm³/mol. The normalized spacial score (nSPS) is 16.9. The van der Waals surface area contributed by atoms with Crippen LogP contribution >= 0.6 is 0 Å². The maximum Gasteiger partial charge on any atom is 0.322 e. The molecule has 0 atom stereocenters. The fraction of sp³-hybridized carbons (Fsp3) is 0.480. The molecule has 2 heterocycles. The van der Waals surface area contributed by atoms with Crippen LogP contribution in [0.1, 0.15) is 36.5 Å². The summed E-state index contributed by atoms with van der Waals surface area (Å²) >= 11 is 0. The van der Waals surface area contributed by atoms with Crippen molar-refractivity contribution in [2.24, 2.45) is 0 Å². The van der Waals surface area contributed by atoms with Crippen LogP contribution in [0.4, 0.5) is 16.2 Å². The Kier molecular flexibility index (Phi) is 6.37. The molecule has 0 radical (unpaired) electrons. The Labute approximate surface area is 185 Å². The SMILES string of the molecule is COc1ccc(N2CCN(C)CC2)c2c1CCN(C(=O)Nc1ccc(C(C)C)cc1)C2. The van der Waals surface area contributed by atoms with E-state index in [0.29, 0.717) is 19.0 Å². The van der Waals surface area contributed by atoms with Crippen molar-refractivity contribution in [2.75, 3.05) is 57.1 Å². The van der Waals surface area contributed by atoms with Gasteiger partial charge in [-0.25, -0.2) is 4.79 Å². The molecule has 6 heteroatoms. The molecule has 0 saturated carbocycles. The predicted octanol–water partition coefficient (Wildman–Crippen LogP) is 4.16. The van der Waals surface area contributed by atoms with E-state index < -0.39 is 0 Å². The van der Waals surface area contributed by atoms with Crippen molar-refractivity contribution in [1.29, 1.82) is 0 Å². The van der Waals surface area contributed by atoms with Gasteiger partial charge >= 0.3 is 6.03 Å². The quantitative estimate of drug-likeness (QED) is 0.804. The lowest BCUT2D eigenvalue weighted by atomic mass is 9.96. The summed E-state index contributed by atoms with van der Waals surface area (Å²) in [5.41, 5.74) is 5.81. The van der Waals surface area contributed by atoms with Gasteiger partial charge in [0.15, 0.2) is 0 Å². The number of carbonyl (C=O) groups excluding carboxylic acids is 1. The van der Waals surface area contributed by atoms with Crippen molar-refractivity contribution in [3.63, 3.8) is 0 Å². The number of hydrogen-bond donors (Lipinski definition) is 1. The highest BCUT2D eigenvalue weighted by molar-refractivity contribution is 5.89. The molecule has 1 fully saturated rings. The molecule has 0 unspecified atom stereocenters. The number of rotatable bonds is 4. The van der Waals surface area contributed by atoms with E-state index in [4.69, 9.17) is 4.74 Å². The number of fused-ring (bicyclic) bond motifs is 1. The maximum absolute atomic E-state index is 13.0. The second kappa shape index (κ2) is 9.18. The van der Waals surface area contributed by atoms with Crippen molar-refractivity contribution >= 4 is 17.4 Å². The van der Waals surface area contributed by atoms with Gasteiger partial charge in [-0.15, -0.1) is 0 Å². The largest absolute Gasteiger partial charge is 0.496 e. The second-order valence-electron chi connectivity index (χ2n) is 8.91. The van der Waals surface area contributed by atoms with Gasteiger partial charge in [-0.1, -0.05) is 26.0 Å². The first-order valence-electron chi connectivity index (χ1n) is 11.2. The van der Waals surface area contributed by atoms with Gasteiger partial charge in [-0.3, -0.25) is 0 Å². The van der Waals surface area contributed by atoms with Crippen LogP contribution in [0.2, 0.25) is 0 Å². The molecule has 0 aliphatic carbocycles. The smallest absolute Gasteiger partial charge is 0.322 e. The number of benzene rings is 2. The average molecular weight is 423 g/mol. The van der Waals surface area contributed by atoms with Gasteiger partial charge in [-0.2, -0.15) is 0 Å². The van der Waals surface area contributed by atoms with Crippen LogP contribution in [0.15, 0.2) is 36.4 Å². The Balaban J connectivity index is 1.53. The van der Waals surface area contributed by atoms with Gasteiger partial charge < -0.3 is 24.8 Å². The summed E-state index contributed by atoms with van der Waals surface area (Å²) in [7, 11) is 3.89. The number of nitrogens with zero attached hydrogens (tertiary/aromatic N) is 3. The molecule has 6 nitrogen and oxygen atoms in total. The van der Waals surface area contributed by atoms with Crippen LogP contribution in [-0.4, -0.2) is 62.7 Å². The lowest BCUT2D eigenvalue weighted by Gasteiger charge is -2.38. The molecule has 4 rings (SSSR count). The van der Waals surface area contributed by atoms with Gasteiger partial charge in [0.25, 0.3) is 0 Å². The number of hydrogen-bond acceptors (Lipinski definition) is 4. The first-order valence-corrected chi connectivity index (χ1v) is 11.2. The zero-order valence-electron chi connectivity index (χ0n) is 19.1. The Bertz CT molecular complexity index is 918. The standard InChI is InChI=1S/C25H34N4O2/c1-18(2)19-5-7-20(8-6-19)26-25(30)29-12-11-21-22(17-29)23(9-10-24(21)31-4)28-15-13-27(3)14-16-28/h5-10,18H,11-17H2,1-4H3,(H,26,30).